The highest BCUT2D eigenvalue weighted by molar-refractivity contribution is 4.77. The van der Waals surface area contributed by atoms with Crippen LogP contribution >= 0.6 is 0 Å². The van der Waals surface area contributed by atoms with Crippen molar-refractivity contribution in [1.82, 2.24) is 25.9 Å². The van der Waals surface area contributed by atoms with E-state index in [9.17, 15) is 0 Å². The molecule has 0 radical (unpaired) electrons. The Kier molecular flexibility index (Phi) is 3.05. The van der Waals surface area contributed by atoms with E-state index in [-0.39, 0.29) is 0 Å². The Balaban J connectivity index is 1.64. The molecule has 2 rings (SSSR count). The minimum Gasteiger partial charge on any atom is -0.374 e. The van der Waals surface area contributed by atoms with E-state index in [1.54, 1.807) is 0 Å². The standard InChI is InChI=1S/C8H15N5O/c1-6-2-3-7(14-6)4-9-5-8-10-12-13-11-8/h6-7,9H,2-5H2,1H3,(H,10,11,12,13). The Morgan fingerprint density at radius 2 is 2.50 bits per heavy atom. The molecule has 0 saturated carbocycles. The molecule has 0 spiro atoms. The summed E-state index contributed by atoms with van der Waals surface area (Å²) >= 11 is 0. The maximum absolute atomic E-state index is 5.65. The number of ether oxygens (including phenoxy) is 1. The predicted octanol–water partition coefficient (Wildman–Crippen LogP) is -0.143. The van der Waals surface area contributed by atoms with E-state index in [4.69, 9.17) is 4.74 Å². The molecule has 2 unspecified atom stereocenters. The van der Waals surface area contributed by atoms with Crippen molar-refractivity contribution in [1.29, 1.82) is 0 Å². The van der Waals surface area contributed by atoms with Crippen LogP contribution in [-0.2, 0) is 11.3 Å². The fourth-order valence-corrected chi connectivity index (χ4v) is 1.64. The zero-order valence-corrected chi connectivity index (χ0v) is 8.23. The highest BCUT2D eigenvalue weighted by Gasteiger charge is 2.20. The second kappa shape index (κ2) is 4.47. The van der Waals surface area contributed by atoms with Gasteiger partial charge in [0.25, 0.3) is 0 Å². The number of hydrogen-bond acceptors (Lipinski definition) is 5. The van der Waals surface area contributed by atoms with Crippen LogP contribution in [0.2, 0.25) is 0 Å². The molecule has 0 bridgehead atoms. The predicted molar refractivity (Wildman–Crippen MR) is 49.5 cm³/mol. The Morgan fingerprint density at radius 1 is 1.57 bits per heavy atom. The number of H-pyrrole nitrogens is 1. The molecule has 2 N–H and O–H groups in total. The largest absolute Gasteiger partial charge is 0.374 e. The average Bonchev–Trinajstić information content (AvgIpc) is 2.77. The molecule has 0 aliphatic carbocycles. The van der Waals surface area contributed by atoms with Gasteiger partial charge in [0.15, 0.2) is 5.82 Å². The molecule has 1 saturated heterocycles. The highest BCUT2D eigenvalue weighted by atomic mass is 16.5. The van der Waals surface area contributed by atoms with E-state index < -0.39 is 0 Å². The first kappa shape index (κ1) is 9.54. The third-order valence-corrected chi connectivity index (χ3v) is 2.36. The molecule has 1 aliphatic rings. The van der Waals surface area contributed by atoms with Gasteiger partial charge in [-0.1, -0.05) is 5.21 Å². The summed E-state index contributed by atoms with van der Waals surface area (Å²) in [7, 11) is 0. The zero-order valence-electron chi connectivity index (χ0n) is 8.23. The molecule has 0 aromatic carbocycles. The van der Waals surface area contributed by atoms with Crippen LogP contribution in [0.1, 0.15) is 25.6 Å². The molecule has 14 heavy (non-hydrogen) atoms. The molecule has 0 amide bonds. The van der Waals surface area contributed by atoms with Crippen molar-refractivity contribution in [2.75, 3.05) is 6.54 Å². The van der Waals surface area contributed by atoms with E-state index in [2.05, 4.69) is 32.9 Å². The Hall–Kier alpha value is -1.01. The summed E-state index contributed by atoms with van der Waals surface area (Å²) in [6.07, 6.45) is 3.05. The number of tetrazole rings is 1. The van der Waals surface area contributed by atoms with Crippen molar-refractivity contribution in [2.45, 2.75) is 38.5 Å². The van der Waals surface area contributed by atoms with Crippen LogP contribution < -0.4 is 5.32 Å². The lowest BCUT2D eigenvalue weighted by Crippen LogP contribution is -2.26. The quantitative estimate of drug-likeness (QED) is 0.702. The summed E-state index contributed by atoms with van der Waals surface area (Å²) in [6, 6.07) is 0. The molecule has 78 valence electrons. The number of nitrogens with one attached hydrogen (secondary N) is 2. The van der Waals surface area contributed by atoms with Gasteiger partial charge in [-0.25, -0.2) is 0 Å². The van der Waals surface area contributed by atoms with Crippen LogP contribution in [0.3, 0.4) is 0 Å². The van der Waals surface area contributed by atoms with Gasteiger partial charge in [0.2, 0.25) is 0 Å². The van der Waals surface area contributed by atoms with Crippen molar-refractivity contribution >= 4 is 0 Å². The monoisotopic (exact) mass is 197 g/mol. The maximum atomic E-state index is 5.65. The van der Waals surface area contributed by atoms with Gasteiger partial charge in [-0.15, -0.1) is 10.2 Å². The Bertz CT molecular complexity index is 263. The molecule has 2 heterocycles. The van der Waals surface area contributed by atoms with E-state index in [0.29, 0.717) is 24.6 Å². The van der Waals surface area contributed by atoms with Gasteiger partial charge in [0.05, 0.1) is 18.8 Å². The fourth-order valence-electron chi connectivity index (χ4n) is 1.64. The molecular formula is C8H15N5O. The van der Waals surface area contributed by atoms with Crippen LogP contribution in [-0.4, -0.2) is 39.4 Å². The van der Waals surface area contributed by atoms with Gasteiger partial charge < -0.3 is 10.1 Å². The summed E-state index contributed by atoms with van der Waals surface area (Å²) in [5.41, 5.74) is 0. The Labute approximate surface area is 82.4 Å². The smallest absolute Gasteiger partial charge is 0.188 e. The van der Waals surface area contributed by atoms with Crippen molar-refractivity contribution in [3.8, 4) is 0 Å². The van der Waals surface area contributed by atoms with Crippen LogP contribution in [0.4, 0.5) is 0 Å². The van der Waals surface area contributed by atoms with Crippen molar-refractivity contribution < 1.29 is 4.74 Å². The van der Waals surface area contributed by atoms with Crippen molar-refractivity contribution in [2.24, 2.45) is 0 Å². The summed E-state index contributed by atoms with van der Waals surface area (Å²) in [5.74, 6) is 0.691. The summed E-state index contributed by atoms with van der Waals surface area (Å²) in [5, 5.41) is 16.8. The van der Waals surface area contributed by atoms with Crippen LogP contribution in [0.25, 0.3) is 0 Å². The first-order valence-electron chi connectivity index (χ1n) is 4.93. The molecular weight excluding hydrogens is 182 g/mol. The fraction of sp³-hybridized carbons (Fsp3) is 0.875. The van der Waals surface area contributed by atoms with Gasteiger partial charge in [-0.2, -0.15) is 5.21 Å². The summed E-state index contributed by atoms with van der Waals surface area (Å²) in [6.45, 7) is 3.61. The average molecular weight is 197 g/mol. The van der Waals surface area contributed by atoms with Gasteiger partial charge in [0.1, 0.15) is 0 Å². The second-order valence-electron chi connectivity index (χ2n) is 3.60. The lowest BCUT2D eigenvalue weighted by molar-refractivity contribution is 0.0558. The number of nitrogens with zero attached hydrogens (tertiary/aromatic N) is 3. The third kappa shape index (κ3) is 2.49. The number of rotatable bonds is 4. The summed E-state index contributed by atoms with van der Waals surface area (Å²) in [4.78, 5) is 0. The first-order valence-corrected chi connectivity index (χ1v) is 4.93. The molecule has 6 heteroatoms. The third-order valence-electron chi connectivity index (χ3n) is 2.36. The van der Waals surface area contributed by atoms with Gasteiger partial charge in [-0.05, 0) is 19.8 Å². The molecule has 1 aliphatic heterocycles. The number of hydrogen-bond donors (Lipinski definition) is 2. The SMILES string of the molecule is CC1CCC(CNCc2nn[nH]n2)O1. The minimum atomic E-state index is 0.344. The van der Waals surface area contributed by atoms with Gasteiger partial charge in [0, 0.05) is 6.54 Å². The van der Waals surface area contributed by atoms with Crippen molar-refractivity contribution in [3.05, 3.63) is 5.82 Å². The van der Waals surface area contributed by atoms with Crippen LogP contribution in [0.5, 0.6) is 0 Å². The molecule has 1 fully saturated rings. The molecule has 1 aromatic heterocycles. The van der Waals surface area contributed by atoms with Crippen LogP contribution in [0.15, 0.2) is 0 Å². The normalized spacial score (nSPS) is 26.9. The first-order chi connectivity index (χ1) is 6.84. The van der Waals surface area contributed by atoms with E-state index >= 15 is 0 Å². The number of aromatic nitrogens is 4. The van der Waals surface area contributed by atoms with Gasteiger partial charge in [-0.3, -0.25) is 0 Å². The topological polar surface area (TPSA) is 75.7 Å². The summed E-state index contributed by atoms with van der Waals surface area (Å²) < 4.78 is 5.65. The lowest BCUT2D eigenvalue weighted by Gasteiger charge is -2.10. The Morgan fingerprint density at radius 3 is 3.14 bits per heavy atom. The molecule has 6 nitrogen and oxygen atoms in total. The van der Waals surface area contributed by atoms with E-state index in [1.807, 2.05) is 0 Å². The zero-order chi connectivity index (χ0) is 9.80. The minimum absolute atomic E-state index is 0.344. The van der Waals surface area contributed by atoms with Crippen molar-refractivity contribution in [3.63, 3.8) is 0 Å². The molecule has 2 atom stereocenters. The van der Waals surface area contributed by atoms with E-state index in [0.717, 1.165) is 19.4 Å². The maximum Gasteiger partial charge on any atom is 0.188 e. The molecule has 1 aromatic rings. The second-order valence-corrected chi connectivity index (χ2v) is 3.60. The van der Waals surface area contributed by atoms with Gasteiger partial charge >= 0.3 is 0 Å². The van der Waals surface area contributed by atoms with Crippen LogP contribution in [0, 0.1) is 0 Å². The van der Waals surface area contributed by atoms with E-state index in [1.165, 1.54) is 0 Å². The highest BCUT2D eigenvalue weighted by Crippen LogP contribution is 2.17. The lowest BCUT2D eigenvalue weighted by atomic mass is 10.2. The number of aromatic amines is 1.